The van der Waals surface area contributed by atoms with E-state index in [1.165, 1.54) is 12.0 Å². The second kappa shape index (κ2) is 7.36. The average Bonchev–Trinajstić information content (AvgIpc) is 2.28. The summed E-state index contributed by atoms with van der Waals surface area (Å²) in [7, 11) is 4.23. The minimum atomic E-state index is 0.587. The van der Waals surface area contributed by atoms with Crippen LogP contribution in [0.1, 0.15) is 18.9 Å². The lowest BCUT2D eigenvalue weighted by Gasteiger charge is -2.16. The van der Waals surface area contributed by atoms with Crippen molar-refractivity contribution in [2.45, 2.75) is 25.8 Å². The van der Waals surface area contributed by atoms with Gasteiger partial charge in [-0.1, -0.05) is 0 Å². The minimum Gasteiger partial charge on any atom is -0.314 e. The van der Waals surface area contributed by atoms with Gasteiger partial charge >= 0.3 is 0 Å². The Bertz CT molecular complexity index is 272. The second-order valence-corrected chi connectivity index (χ2v) is 4.55. The van der Waals surface area contributed by atoms with Crippen LogP contribution in [0.25, 0.3) is 0 Å². The van der Waals surface area contributed by atoms with Crippen LogP contribution in [0.5, 0.6) is 0 Å². The molecule has 0 aliphatic carbocycles. The van der Waals surface area contributed by atoms with E-state index in [0.717, 1.165) is 19.5 Å². The zero-order chi connectivity index (χ0) is 11.8. The van der Waals surface area contributed by atoms with Crippen molar-refractivity contribution >= 4 is 0 Å². The van der Waals surface area contributed by atoms with Crippen LogP contribution in [0.2, 0.25) is 0 Å². The fourth-order valence-electron chi connectivity index (χ4n) is 1.57. The maximum absolute atomic E-state index is 4.01. The highest BCUT2D eigenvalue weighted by molar-refractivity contribution is 5.09. The van der Waals surface area contributed by atoms with Crippen molar-refractivity contribution in [3.63, 3.8) is 0 Å². The molecule has 1 rings (SSSR count). The number of nitrogens with one attached hydrogen (secondary N) is 1. The Morgan fingerprint density at radius 1 is 1.31 bits per heavy atom. The Morgan fingerprint density at radius 3 is 2.62 bits per heavy atom. The van der Waals surface area contributed by atoms with E-state index in [0.29, 0.717) is 6.04 Å². The minimum absolute atomic E-state index is 0.587. The third kappa shape index (κ3) is 5.83. The van der Waals surface area contributed by atoms with Gasteiger partial charge in [0.2, 0.25) is 0 Å². The van der Waals surface area contributed by atoms with Crippen LogP contribution in [0, 0.1) is 0 Å². The van der Waals surface area contributed by atoms with E-state index in [1.54, 1.807) is 0 Å². The van der Waals surface area contributed by atoms with Crippen molar-refractivity contribution in [2.24, 2.45) is 0 Å². The van der Waals surface area contributed by atoms with E-state index in [-0.39, 0.29) is 0 Å². The first-order valence-corrected chi connectivity index (χ1v) is 5.95. The molecule has 0 bridgehead atoms. The average molecular weight is 221 g/mol. The first-order valence-electron chi connectivity index (χ1n) is 5.95. The predicted molar refractivity (Wildman–Crippen MR) is 68.6 cm³/mol. The maximum Gasteiger partial charge on any atom is 0.0270 e. The highest BCUT2D eigenvalue weighted by atomic mass is 15.1. The first-order chi connectivity index (χ1) is 7.68. The summed E-state index contributed by atoms with van der Waals surface area (Å²) < 4.78 is 0. The predicted octanol–water partition coefficient (Wildman–Crippen LogP) is 1.55. The van der Waals surface area contributed by atoms with E-state index in [1.807, 2.05) is 12.4 Å². The highest BCUT2D eigenvalue weighted by Crippen LogP contribution is 1.97. The Hall–Kier alpha value is -0.930. The molecule has 3 heteroatoms. The van der Waals surface area contributed by atoms with E-state index >= 15 is 0 Å². The normalized spacial score (nSPS) is 13.0. The van der Waals surface area contributed by atoms with Gasteiger partial charge in [-0.25, -0.2) is 0 Å². The van der Waals surface area contributed by atoms with Gasteiger partial charge in [0.15, 0.2) is 0 Å². The van der Waals surface area contributed by atoms with Crippen LogP contribution < -0.4 is 5.32 Å². The van der Waals surface area contributed by atoms with Crippen molar-refractivity contribution in [3.8, 4) is 0 Å². The summed E-state index contributed by atoms with van der Waals surface area (Å²) in [5.74, 6) is 0. The quantitative estimate of drug-likeness (QED) is 0.757. The molecule has 1 heterocycles. The molecule has 0 aliphatic heterocycles. The lowest BCUT2D eigenvalue weighted by molar-refractivity contribution is 0.367. The molecule has 3 nitrogen and oxygen atoms in total. The van der Waals surface area contributed by atoms with Crippen LogP contribution in [-0.2, 0) is 6.42 Å². The number of pyridine rings is 1. The Labute approximate surface area is 98.9 Å². The molecule has 0 amide bonds. The SMILES string of the molecule is CC(CCN(C)C)NCCc1ccncc1. The Kier molecular flexibility index (Phi) is 6.04. The van der Waals surface area contributed by atoms with Crippen molar-refractivity contribution in [1.82, 2.24) is 15.2 Å². The lowest BCUT2D eigenvalue weighted by Crippen LogP contribution is -2.31. The zero-order valence-electron chi connectivity index (χ0n) is 10.6. The van der Waals surface area contributed by atoms with E-state index in [9.17, 15) is 0 Å². The molecule has 0 saturated heterocycles. The molecular weight excluding hydrogens is 198 g/mol. The van der Waals surface area contributed by atoms with E-state index in [2.05, 4.69) is 48.4 Å². The third-order valence-electron chi connectivity index (χ3n) is 2.67. The molecular formula is C13H23N3. The van der Waals surface area contributed by atoms with E-state index < -0.39 is 0 Å². The van der Waals surface area contributed by atoms with Crippen LogP contribution in [-0.4, -0.2) is 43.1 Å². The van der Waals surface area contributed by atoms with Crippen molar-refractivity contribution < 1.29 is 0 Å². The molecule has 0 spiro atoms. The Morgan fingerprint density at radius 2 is 2.00 bits per heavy atom. The van der Waals surface area contributed by atoms with Gasteiger partial charge in [-0.3, -0.25) is 4.98 Å². The highest BCUT2D eigenvalue weighted by Gasteiger charge is 2.01. The molecule has 1 N–H and O–H groups in total. The fourth-order valence-corrected chi connectivity index (χ4v) is 1.57. The molecule has 90 valence electrons. The summed E-state index contributed by atoms with van der Waals surface area (Å²) in [4.78, 5) is 6.23. The second-order valence-electron chi connectivity index (χ2n) is 4.55. The van der Waals surface area contributed by atoms with Crippen molar-refractivity contribution in [2.75, 3.05) is 27.2 Å². The molecule has 1 aromatic rings. The summed E-state index contributed by atoms with van der Waals surface area (Å²) in [6.45, 7) is 4.43. The number of hydrogen-bond acceptors (Lipinski definition) is 3. The number of nitrogens with zero attached hydrogens (tertiary/aromatic N) is 2. The largest absolute Gasteiger partial charge is 0.314 e. The van der Waals surface area contributed by atoms with Gasteiger partial charge in [0, 0.05) is 18.4 Å². The molecule has 16 heavy (non-hydrogen) atoms. The van der Waals surface area contributed by atoms with Gasteiger partial charge < -0.3 is 10.2 Å². The van der Waals surface area contributed by atoms with Crippen molar-refractivity contribution in [1.29, 1.82) is 0 Å². The zero-order valence-corrected chi connectivity index (χ0v) is 10.6. The summed E-state index contributed by atoms with van der Waals surface area (Å²) in [5.41, 5.74) is 1.35. The molecule has 1 atom stereocenters. The molecule has 1 aromatic heterocycles. The standard InChI is InChI=1S/C13H23N3/c1-12(7-11-16(2)3)15-10-6-13-4-8-14-9-5-13/h4-5,8-9,12,15H,6-7,10-11H2,1-3H3. The summed E-state index contributed by atoms with van der Waals surface area (Å²) in [5, 5.41) is 3.54. The summed E-state index contributed by atoms with van der Waals surface area (Å²) >= 11 is 0. The lowest BCUT2D eigenvalue weighted by atomic mass is 10.2. The van der Waals surface area contributed by atoms with E-state index in [4.69, 9.17) is 0 Å². The maximum atomic E-state index is 4.01. The number of rotatable bonds is 7. The van der Waals surface area contributed by atoms with Gasteiger partial charge in [-0.15, -0.1) is 0 Å². The third-order valence-corrected chi connectivity index (χ3v) is 2.67. The van der Waals surface area contributed by atoms with Gasteiger partial charge in [-0.2, -0.15) is 0 Å². The van der Waals surface area contributed by atoms with Gasteiger partial charge in [0.25, 0.3) is 0 Å². The first kappa shape index (κ1) is 13.1. The van der Waals surface area contributed by atoms with Crippen LogP contribution in [0.3, 0.4) is 0 Å². The van der Waals surface area contributed by atoms with Crippen LogP contribution >= 0.6 is 0 Å². The van der Waals surface area contributed by atoms with Gasteiger partial charge in [-0.05, 0) is 64.6 Å². The molecule has 0 radical (unpaired) electrons. The molecule has 0 saturated carbocycles. The van der Waals surface area contributed by atoms with Crippen molar-refractivity contribution in [3.05, 3.63) is 30.1 Å². The monoisotopic (exact) mass is 221 g/mol. The van der Waals surface area contributed by atoms with Crippen LogP contribution in [0.4, 0.5) is 0 Å². The topological polar surface area (TPSA) is 28.2 Å². The Balaban J connectivity index is 2.11. The fraction of sp³-hybridized carbons (Fsp3) is 0.615. The smallest absolute Gasteiger partial charge is 0.0270 e. The summed E-state index contributed by atoms with van der Waals surface area (Å²) in [6.07, 6.45) is 5.98. The number of hydrogen-bond donors (Lipinski definition) is 1. The number of aromatic nitrogens is 1. The van der Waals surface area contributed by atoms with Gasteiger partial charge in [0.1, 0.15) is 0 Å². The molecule has 0 aromatic carbocycles. The van der Waals surface area contributed by atoms with Gasteiger partial charge in [0.05, 0.1) is 0 Å². The molecule has 0 aliphatic rings. The summed E-state index contributed by atoms with van der Waals surface area (Å²) in [6, 6.07) is 4.74. The van der Waals surface area contributed by atoms with Crippen LogP contribution in [0.15, 0.2) is 24.5 Å². The molecule has 0 fully saturated rings. The molecule has 1 unspecified atom stereocenters.